The zero-order chi connectivity index (χ0) is 28.0. The molecule has 0 unspecified atom stereocenters. The van der Waals surface area contributed by atoms with Crippen LogP contribution in [-0.2, 0) is 19.8 Å². The Morgan fingerprint density at radius 3 is 1.71 bits per heavy atom. The molecular formula is C35H30N2O4. The SMILES string of the molecule is CN1C(=O)c2cccc(OCc3ccccc3)c2Nc2c(OCc3ccccc3)cc(OCc3ccccc3)cc21. The lowest BCUT2D eigenvalue weighted by atomic mass is 10.1. The maximum atomic E-state index is 13.8. The van der Waals surface area contributed by atoms with E-state index >= 15 is 0 Å². The average molecular weight is 543 g/mol. The molecule has 0 aliphatic carbocycles. The van der Waals surface area contributed by atoms with Gasteiger partial charge in [0.2, 0.25) is 0 Å². The molecule has 0 bridgehead atoms. The minimum Gasteiger partial charge on any atom is -0.489 e. The zero-order valence-corrected chi connectivity index (χ0v) is 22.7. The number of rotatable bonds is 9. The first-order valence-corrected chi connectivity index (χ1v) is 13.5. The number of nitrogens with one attached hydrogen (secondary N) is 1. The van der Waals surface area contributed by atoms with Gasteiger partial charge in [-0.15, -0.1) is 0 Å². The number of fused-ring (bicyclic) bond motifs is 2. The Kier molecular flexibility index (Phi) is 7.54. The van der Waals surface area contributed by atoms with Crippen molar-refractivity contribution in [1.29, 1.82) is 0 Å². The molecule has 41 heavy (non-hydrogen) atoms. The van der Waals surface area contributed by atoms with E-state index in [2.05, 4.69) is 5.32 Å². The van der Waals surface area contributed by atoms with Crippen LogP contribution >= 0.6 is 0 Å². The number of amides is 1. The molecule has 1 N–H and O–H groups in total. The molecule has 1 amide bonds. The molecule has 0 radical (unpaired) electrons. The molecule has 0 spiro atoms. The summed E-state index contributed by atoms with van der Waals surface area (Å²) < 4.78 is 18.8. The quantitative estimate of drug-likeness (QED) is 0.206. The molecule has 6 rings (SSSR count). The average Bonchev–Trinajstić information content (AvgIpc) is 3.13. The number of benzene rings is 5. The van der Waals surface area contributed by atoms with Crippen molar-refractivity contribution < 1.29 is 19.0 Å². The second-order valence-corrected chi connectivity index (χ2v) is 9.81. The van der Waals surface area contributed by atoms with Gasteiger partial charge in [0.05, 0.1) is 16.9 Å². The number of carbonyl (C=O) groups is 1. The summed E-state index contributed by atoms with van der Waals surface area (Å²) in [6.45, 7) is 1.12. The van der Waals surface area contributed by atoms with Crippen LogP contribution in [0.4, 0.5) is 17.1 Å². The number of hydrogen-bond acceptors (Lipinski definition) is 5. The predicted octanol–water partition coefficient (Wildman–Crippen LogP) is 7.76. The van der Waals surface area contributed by atoms with Gasteiger partial charge in [-0.2, -0.15) is 0 Å². The van der Waals surface area contributed by atoms with Crippen molar-refractivity contribution in [3.8, 4) is 17.2 Å². The van der Waals surface area contributed by atoms with E-state index < -0.39 is 0 Å². The summed E-state index contributed by atoms with van der Waals surface area (Å²) in [5.74, 6) is 1.59. The summed E-state index contributed by atoms with van der Waals surface area (Å²) in [4.78, 5) is 15.4. The van der Waals surface area contributed by atoms with Crippen molar-refractivity contribution in [2.24, 2.45) is 0 Å². The number of nitrogens with zero attached hydrogens (tertiary/aromatic N) is 1. The van der Waals surface area contributed by atoms with Crippen molar-refractivity contribution in [3.05, 3.63) is 144 Å². The lowest BCUT2D eigenvalue weighted by Crippen LogP contribution is -2.25. The maximum Gasteiger partial charge on any atom is 0.260 e. The van der Waals surface area contributed by atoms with Gasteiger partial charge in [-0.3, -0.25) is 4.79 Å². The third kappa shape index (κ3) is 5.87. The van der Waals surface area contributed by atoms with Gasteiger partial charge < -0.3 is 24.4 Å². The highest BCUT2D eigenvalue weighted by Crippen LogP contribution is 2.46. The fraction of sp³-hybridized carbons (Fsp3) is 0.114. The van der Waals surface area contributed by atoms with Crippen LogP contribution in [0.3, 0.4) is 0 Å². The van der Waals surface area contributed by atoms with E-state index in [4.69, 9.17) is 14.2 Å². The minimum absolute atomic E-state index is 0.161. The highest BCUT2D eigenvalue weighted by atomic mass is 16.5. The summed E-state index contributed by atoms with van der Waals surface area (Å²) in [6.07, 6.45) is 0. The van der Waals surface area contributed by atoms with E-state index in [9.17, 15) is 4.79 Å². The van der Waals surface area contributed by atoms with Gasteiger partial charge in [0, 0.05) is 19.2 Å². The summed E-state index contributed by atoms with van der Waals surface area (Å²) in [5, 5.41) is 3.51. The Hall–Kier alpha value is -5.23. The van der Waals surface area contributed by atoms with Crippen molar-refractivity contribution in [1.82, 2.24) is 0 Å². The first kappa shape index (κ1) is 26.0. The number of carbonyl (C=O) groups excluding carboxylic acids is 1. The molecule has 6 heteroatoms. The summed E-state index contributed by atoms with van der Waals surface area (Å²) in [6, 6.07) is 39.1. The molecule has 204 valence electrons. The molecule has 5 aromatic rings. The third-order valence-corrected chi connectivity index (χ3v) is 6.95. The second kappa shape index (κ2) is 11.9. The van der Waals surface area contributed by atoms with Crippen LogP contribution in [0.5, 0.6) is 17.2 Å². The van der Waals surface area contributed by atoms with Crippen molar-refractivity contribution in [2.75, 3.05) is 17.3 Å². The molecule has 0 fully saturated rings. The zero-order valence-electron chi connectivity index (χ0n) is 22.7. The van der Waals surface area contributed by atoms with Gasteiger partial charge >= 0.3 is 0 Å². The molecule has 6 nitrogen and oxygen atoms in total. The van der Waals surface area contributed by atoms with Gasteiger partial charge in [-0.25, -0.2) is 0 Å². The van der Waals surface area contributed by atoms with Crippen molar-refractivity contribution >= 4 is 23.0 Å². The molecule has 0 saturated heterocycles. The highest BCUT2D eigenvalue weighted by molar-refractivity contribution is 6.14. The summed E-state index contributed by atoms with van der Waals surface area (Å²) in [7, 11) is 1.76. The van der Waals surface area contributed by atoms with Crippen molar-refractivity contribution in [3.63, 3.8) is 0 Å². The third-order valence-electron chi connectivity index (χ3n) is 6.95. The lowest BCUT2D eigenvalue weighted by Gasteiger charge is -2.22. The Balaban J connectivity index is 1.37. The molecule has 0 aromatic heterocycles. The Morgan fingerprint density at radius 2 is 1.12 bits per heavy atom. The van der Waals surface area contributed by atoms with E-state index in [1.807, 2.05) is 115 Å². The second-order valence-electron chi connectivity index (χ2n) is 9.81. The number of ether oxygens (including phenoxy) is 3. The minimum atomic E-state index is -0.161. The Labute approximate surface area is 239 Å². The monoisotopic (exact) mass is 542 g/mol. The molecule has 5 aromatic carbocycles. The summed E-state index contributed by atoms with van der Waals surface area (Å²) in [5.41, 5.74) is 5.53. The molecule has 1 aliphatic rings. The first-order valence-electron chi connectivity index (χ1n) is 13.5. The number of para-hydroxylation sites is 1. The highest BCUT2D eigenvalue weighted by Gasteiger charge is 2.29. The van der Waals surface area contributed by atoms with E-state index in [-0.39, 0.29) is 5.91 Å². The number of hydrogen-bond donors (Lipinski definition) is 1. The largest absolute Gasteiger partial charge is 0.489 e. The van der Waals surface area contributed by atoms with Crippen LogP contribution in [0.2, 0.25) is 0 Å². The van der Waals surface area contributed by atoms with Gasteiger partial charge in [-0.1, -0.05) is 97.1 Å². The van der Waals surface area contributed by atoms with Crippen LogP contribution in [-0.4, -0.2) is 13.0 Å². The molecule has 0 saturated carbocycles. The summed E-state index contributed by atoms with van der Waals surface area (Å²) >= 11 is 0. The van der Waals surface area contributed by atoms with Crippen LogP contribution in [0.1, 0.15) is 27.0 Å². The maximum absolute atomic E-state index is 13.8. The predicted molar refractivity (Wildman–Crippen MR) is 161 cm³/mol. The Morgan fingerprint density at radius 1 is 0.585 bits per heavy atom. The van der Waals surface area contributed by atoms with Crippen LogP contribution in [0, 0.1) is 0 Å². The van der Waals surface area contributed by atoms with Gasteiger partial charge in [0.1, 0.15) is 42.8 Å². The molecule has 0 atom stereocenters. The van der Waals surface area contributed by atoms with E-state index in [1.165, 1.54) is 0 Å². The standard InChI is InChI=1S/C35H30N2O4/c1-37-30-20-28(39-22-25-12-5-2-6-13-25)21-32(41-24-27-16-9-4-10-17-27)34(30)36-33-29(35(37)38)18-11-19-31(33)40-23-26-14-7-3-8-15-26/h2-21,36H,22-24H2,1H3. The first-order chi connectivity index (χ1) is 20.2. The normalized spacial score (nSPS) is 12.0. The fourth-order valence-corrected chi connectivity index (χ4v) is 4.75. The van der Waals surface area contributed by atoms with Crippen molar-refractivity contribution in [2.45, 2.75) is 19.8 Å². The van der Waals surface area contributed by atoms with Crippen LogP contribution in [0.15, 0.2) is 121 Å². The van der Waals surface area contributed by atoms with E-state index in [0.29, 0.717) is 59.7 Å². The number of anilines is 3. The van der Waals surface area contributed by atoms with Gasteiger partial charge in [-0.05, 0) is 28.8 Å². The van der Waals surface area contributed by atoms with Gasteiger partial charge in [0.15, 0.2) is 0 Å². The van der Waals surface area contributed by atoms with Crippen LogP contribution in [0.25, 0.3) is 0 Å². The van der Waals surface area contributed by atoms with Crippen LogP contribution < -0.4 is 24.4 Å². The molecule has 1 heterocycles. The molecule has 1 aliphatic heterocycles. The lowest BCUT2D eigenvalue weighted by molar-refractivity contribution is 0.0994. The fourth-order valence-electron chi connectivity index (χ4n) is 4.75. The smallest absolute Gasteiger partial charge is 0.260 e. The Bertz CT molecular complexity index is 1640. The van der Waals surface area contributed by atoms with E-state index in [1.54, 1.807) is 18.0 Å². The molecular weight excluding hydrogens is 512 g/mol. The topological polar surface area (TPSA) is 60.0 Å². The van der Waals surface area contributed by atoms with E-state index in [0.717, 1.165) is 16.7 Å². The van der Waals surface area contributed by atoms with Gasteiger partial charge in [0.25, 0.3) is 5.91 Å².